The number of carbonyl (C=O) groups is 3. The Morgan fingerprint density at radius 2 is 2.00 bits per heavy atom. The first kappa shape index (κ1) is 15.1. The first-order chi connectivity index (χ1) is 11.5. The Labute approximate surface area is 139 Å². The number of hydrogen-bond donors (Lipinski definition) is 0. The van der Waals surface area contributed by atoms with Crippen molar-refractivity contribution in [2.75, 3.05) is 6.61 Å². The summed E-state index contributed by atoms with van der Waals surface area (Å²) in [4.78, 5) is 38.1. The number of fused-ring (bicyclic) bond motifs is 5. The van der Waals surface area contributed by atoms with Crippen LogP contribution in [0.3, 0.4) is 0 Å². The van der Waals surface area contributed by atoms with E-state index < -0.39 is 29.5 Å². The van der Waals surface area contributed by atoms with Gasteiger partial charge in [-0.3, -0.25) is 19.3 Å². The molecule has 2 fully saturated rings. The molecule has 24 heavy (non-hydrogen) atoms. The molecular weight excluding hydrogens is 310 g/mol. The van der Waals surface area contributed by atoms with E-state index in [2.05, 4.69) is 0 Å². The molecule has 2 amide bonds. The second kappa shape index (κ2) is 5.27. The summed E-state index contributed by atoms with van der Waals surface area (Å²) in [5.74, 6) is -2.06. The van der Waals surface area contributed by atoms with Gasteiger partial charge in [0.05, 0.1) is 24.5 Å². The van der Waals surface area contributed by atoms with Crippen LogP contribution in [0.25, 0.3) is 0 Å². The molecule has 1 aromatic rings. The van der Waals surface area contributed by atoms with Crippen molar-refractivity contribution in [2.45, 2.75) is 25.2 Å². The summed E-state index contributed by atoms with van der Waals surface area (Å²) in [5, 5.41) is 0. The summed E-state index contributed by atoms with van der Waals surface area (Å²) in [6.07, 6.45) is 3.13. The highest BCUT2D eigenvalue weighted by Crippen LogP contribution is 2.52. The predicted octanol–water partition coefficient (Wildman–Crippen LogP) is 1.06. The van der Waals surface area contributed by atoms with Crippen molar-refractivity contribution < 1.29 is 23.9 Å². The SMILES string of the molecule is CC(=O)OC[C@@]12C=C[C@@H](O1)[C@H]1C(=O)N(Cc3ccccc3)C(=O)[C@H]12. The fourth-order valence-corrected chi connectivity index (χ4v) is 3.86. The zero-order valence-corrected chi connectivity index (χ0v) is 13.2. The molecule has 6 heteroatoms. The van der Waals surface area contributed by atoms with Crippen molar-refractivity contribution in [2.24, 2.45) is 11.8 Å². The van der Waals surface area contributed by atoms with Crippen LogP contribution in [0.5, 0.6) is 0 Å². The topological polar surface area (TPSA) is 72.9 Å². The van der Waals surface area contributed by atoms with Gasteiger partial charge in [0.25, 0.3) is 0 Å². The third-order valence-corrected chi connectivity index (χ3v) is 4.93. The van der Waals surface area contributed by atoms with Crippen LogP contribution in [0, 0.1) is 11.8 Å². The molecule has 4 atom stereocenters. The van der Waals surface area contributed by atoms with Crippen molar-refractivity contribution in [3.63, 3.8) is 0 Å². The van der Waals surface area contributed by atoms with E-state index in [9.17, 15) is 14.4 Å². The van der Waals surface area contributed by atoms with Gasteiger partial charge in [-0.15, -0.1) is 0 Å². The molecule has 0 N–H and O–H groups in total. The molecule has 2 saturated heterocycles. The molecule has 0 radical (unpaired) electrons. The van der Waals surface area contributed by atoms with Crippen LogP contribution in [0.15, 0.2) is 42.5 Å². The number of likely N-dealkylation sites (tertiary alicyclic amines) is 1. The normalized spacial score (nSPS) is 33.2. The first-order valence-electron chi connectivity index (χ1n) is 7.91. The molecule has 0 aliphatic carbocycles. The maximum Gasteiger partial charge on any atom is 0.302 e. The third-order valence-electron chi connectivity index (χ3n) is 4.93. The number of rotatable bonds is 4. The van der Waals surface area contributed by atoms with Crippen LogP contribution in [0.2, 0.25) is 0 Å². The second-order valence-electron chi connectivity index (χ2n) is 6.43. The zero-order valence-electron chi connectivity index (χ0n) is 13.2. The van der Waals surface area contributed by atoms with Gasteiger partial charge in [0, 0.05) is 6.92 Å². The van der Waals surface area contributed by atoms with Crippen LogP contribution < -0.4 is 0 Å². The van der Waals surface area contributed by atoms with Gasteiger partial charge >= 0.3 is 5.97 Å². The van der Waals surface area contributed by atoms with E-state index in [1.54, 1.807) is 12.2 Å². The number of imide groups is 1. The van der Waals surface area contributed by atoms with Crippen molar-refractivity contribution in [1.82, 2.24) is 4.90 Å². The van der Waals surface area contributed by atoms with E-state index in [1.165, 1.54) is 11.8 Å². The van der Waals surface area contributed by atoms with Gasteiger partial charge in [-0.2, -0.15) is 0 Å². The lowest BCUT2D eigenvalue weighted by molar-refractivity contribution is -0.155. The lowest BCUT2D eigenvalue weighted by Crippen LogP contribution is -2.44. The summed E-state index contributed by atoms with van der Waals surface area (Å²) in [6, 6.07) is 9.40. The molecule has 3 aliphatic heterocycles. The number of nitrogens with zero attached hydrogens (tertiary/aromatic N) is 1. The maximum absolute atomic E-state index is 12.9. The Balaban J connectivity index is 1.61. The van der Waals surface area contributed by atoms with Gasteiger partial charge in [0.2, 0.25) is 11.8 Å². The van der Waals surface area contributed by atoms with Crippen molar-refractivity contribution in [1.29, 1.82) is 0 Å². The summed E-state index contributed by atoms with van der Waals surface area (Å²) >= 11 is 0. The highest BCUT2D eigenvalue weighted by atomic mass is 16.6. The Kier molecular flexibility index (Phi) is 3.31. The lowest BCUT2D eigenvalue weighted by Gasteiger charge is -2.28. The first-order valence-corrected chi connectivity index (χ1v) is 7.91. The maximum atomic E-state index is 12.9. The van der Waals surface area contributed by atoms with E-state index in [0.29, 0.717) is 0 Å². The monoisotopic (exact) mass is 327 g/mol. The molecule has 0 saturated carbocycles. The molecule has 3 aliphatic rings. The van der Waals surface area contributed by atoms with Crippen molar-refractivity contribution in [3.8, 4) is 0 Å². The van der Waals surface area contributed by atoms with Crippen molar-refractivity contribution in [3.05, 3.63) is 48.0 Å². The minimum atomic E-state index is -1.01. The highest BCUT2D eigenvalue weighted by Gasteiger charge is 2.67. The summed E-state index contributed by atoms with van der Waals surface area (Å²) in [7, 11) is 0. The Bertz CT molecular complexity index is 743. The van der Waals surface area contributed by atoms with Crippen LogP contribution in [0.1, 0.15) is 12.5 Å². The number of benzene rings is 1. The van der Waals surface area contributed by atoms with Gasteiger partial charge in [-0.05, 0) is 11.6 Å². The standard InChI is InChI=1S/C18H17NO5/c1-11(20)23-10-18-8-7-13(24-18)14-15(18)17(22)19(16(14)21)9-12-5-3-2-4-6-12/h2-8,13-15H,9-10H2,1H3/t13-,14-,15+,18-/m1/s1. The van der Waals surface area contributed by atoms with E-state index in [0.717, 1.165) is 5.56 Å². The molecule has 0 aromatic heterocycles. The van der Waals surface area contributed by atoms with Gasteiger partial charge in [-0.1, -0.05) is 36.4 Å². The van der Waals surface area contributed by atoms with Gasteiger partial charge in [0.1, 0.15) is 12.2 Å². The fraction of sp³-hybridized carbons (Fsp3) is 0.389. The molecule has 1 aromatic carbocycles. The fourth-order valence-electron chi connectivity index (χ4n) is 3.86. The summed E-state index contributed by atoms with van der Waals surface area (Å²) in [6.45, 7) is 1.51. The van der Waals surface area contributed by atoms with E-state index >= 15 is 0 Å². The van der Waals surface area contributed by atoms with Gasteiger partial charge in [-0.25, -0.2) is 0 Å². The molecule has 4 rings (SSSR count). The lowest BCUT2D eigenvalue weighted by atomic mass is 9.77. The largest absolute Gasteiger partial charge is 0.462 e. The number of amides is 2. The minimum absolute atomic E-state index is 0.0469. The Morgan fingerprint density at radius 3 is 2.71 bits per heavy atom. The molecule has 2 bridgehead atoms. The number of esters is 1. The molecule has 124 valence electrons. The smallest absolute Gasteiger partial charge is 0.302 e. The predicted molar refractivity (Wildman–Crippen MR) is 82.4 cm³/mol. The molecular formula is C18H17NO5. The van der Waals surface area contributed by atoms with E-state index in [4.69, 9.17) is 9.47 Å². The van der Waals surface area contributed by atoms with Crippen LogP contribution >= 0.6 is 0 Å². The van der Waals surface area contributed by atoms with Gasteiger partial charge in [0.15, 0.2) is 0 Å². The average molecular weight is 327 g/mol. The van der Waals surface area contributed by atoms with E-state index in [1.807, 2.05) is 30.3 Å². The second-order valence-corrected chi connectivity index (χ2v) is 6.43. The average Bonchev–Trinajstić information content (AvgIpc) is 3.21. The van der Waals surface area contributed by atoms with Crippen LogP contribution in [-0.4, -0.2) is 41.0 Å². The zero-order chi connectivity index (χ0) is 16.9. The molecule has 0 spiro atoms. The number of hydrogen-bond acceptors (Lipinski definition) is 5. The number of carbonyl (C=O) groups excluding carboxylic acids is 3. The quantitative estimate of drug-likeness (QED) is 0.470. The third kappa shape index (κ3) is 2.10. The summed E-state index contributed by atoms with van der Waals surface area (Å²) < 4.78 is 11.0. The van der Waals surface area contributed by atoms with Crippen LogP contribution in [-0.2, 0) is 30.4 Å². The number of ether oxygens (including phenoxy) is 2. The van der Waals surface area contributed by atoms with E-state index in [-0.39, 0.29) is 25.0 Å². The van der Waals surface area contributed by atoms with Crippen molar-refractivity contribution >= 4 is 17.8 Å². The van der Waals surface area contributed by atoms with Gasteiger partial charge < -0.3 is 9.47 Å². The highest BCUT2D eigenvalue weighted by molar-refractivity contribution is 6.07. The molecule has 0 unspecified atom stereocenters. The summed E-state index contributed by atoms with van der Waals surface area (Å²) in [5.41, 5.74) is -0.117. The Morgan fingerprint density at radius 1 is 1.25 bits per heavy atom. The molecule has 6 nitrogen and oxygen atoms in total. The molecule has 3 heterocycles. The minimum Gasteiger partial charge on any atom is -0.462 e. The Hall–Kier alpha value is -2.47. The van der Waals surface area contributed by atoms with Crippen LogP contribution in [0.4, 0.5) is 0 Å².